The van der Waals surface area contributed by atoms with Crippen molar-refractivity contribution in [3.8, 4) is 0 Å². The topological polar surface area (TPSA) is 133 Å². The standard InChI is InChI=1S/C24H30N6O3S/c31-18-9-7-17(8-10-18)26-22-12-20(34(32,33)19-6-3-11-25-15-19)13-23(27-22)28-24-14-21(29-30-24)16-4-1-2-5-16/h3,6,11-18,31H,1-2,4-5,7-10H2,(H3,26,27,28,29,30)/t17-,18-. The minimum atomic E-state index is -3.78. The van der Waals surface area contributed by atoms with Gasteiger partial charge in [0, 0.05) is 42.2 Å². The number of hydrogen-bond acceptors (Lipinski definition) is 8. The van der Waals surface area contributed by atoms with Crippen molar-refractivity contribution in [3.05, 3.63) is 48.4 Å². The Morgan fingerprint density at radius 1 is 0.941 bits per heavy atom. The smallest absolute Gasteiger partial charge is 0.208 e. The first-order valence-corrected chi connectivity index (χ1v) is 13.4. The largest absolute Gasteiger partial charge is 0.393 e. The average molecular weight is 483 g/mol. The summed E-state index contributed by atoms with van der Waals surface area (Å²) in [5.41, 5.74) is 1.10. The molecule has 2 saturated carbocycles. The minimum absolute atomic E-state index is 0.124. The second-order valence-corrected chi connectivity index (χ2v) is 11.2. The van der Waals surface area contributed by atoms with Gasteiger partial charge >= 0.3 is 0 Å². The molecule has 0 amide bonds. The van der Waals surface area contributed by atoms with Crippen molar-refractivity contribution < 1.29 is 13.5 Å². The van der Waals surface area contributed by atoms with Gasteiger partial charge < -0.3 is 15.7 Å². The summed E-state index contributed by atoms with van der Waals surface area (Å²) in [5.74, 6) is 1.97. The first kappa shape index (κ1) is 22.8. The molecule has 180 valence electrons. The third kappa shape index (κ3) is 5.07. The number of anilines is 3. The van der Waals surface area contributed by atoms with Gasteiger partial charge in [-0.2, -0.15) is 5.10 Å². The van der Waals surface area contributed by atoms with Crippen molar-refractivity contribution in [2.45, 2.75) is 79.2 Å². The van der Waals surface area contributed by atoms with Crippen LogP contribution in [-0.2, 0) is 9.84 Å². The van der Waals surface area contributed by atoms with E-state index < -0.39 is 9.84 Å². The summed E-state index contributed by atoms with van der Waals surface area (Å²) in [5, 5.41) is 23.9. The zero-order valence-corrected chi connectivity index (χ0v) is 19.8. The van der Waals surface area contributed by atoms with Gasteiger partial charge in [0.2, 0.25) is 9.84 Å². The Hall–Kier alpha value is -2.98. The summed E-state index contributed by atoms with van der Waals surface area (Å²) in [6.07, 6.45) is 10.4. The Labute approximate surface area is 199 Å². The molecule has 2 fully saturated rings. The third-order valence-corrected chi connectivity index (χ3v) is 8.47. The van der Waals surface area contributed by atoms with Crippen LogP contribution in [0.25, 0.3) is 0 Å². The normalized spacial score (nSPS) is 21.4. The number of hydrogen-bond donors (Lipinski definition) is 4. The molecule has 5 rings (SSSR count). The Morgan fingerprint density at radius 3 is 2.44 bits per heavy atom. The van der Waals surface area contributed by atoms with Gasteiger partial charge in [-0.05, 0) is 56.7 Å². The average Bonchev–Trinajstić information content (AvgIpc) is 3.53. The van der Waals surface area contributed by atoms with Gasteiger partial charge in [0.05, 0.1) is 15.9 Å². The van der Waals surface area contributed by atoms with Crippen LogP contribution in [0.3, 0.4) is 0 Å². The van der Waals surface area contributed by atoms with Crippen LogP contribution in [0, 0.1) is 0 Å². The number of H-pyrrole nitrogens is 1. The van der Waals surface area contributed by atoms with Crippen molar-refractivity contribution >= 4 is 27.3 Å². The Balaban J connectivity index is 1.44. The molecule has 0 saturated heterocycles. The molecule has 9 nitrogen and oxygen atoms in total. The van der Waals surface area contributed by atoms with E-state index in [9.17, 15) is 13.5 Å². The highest BCUT2D eigenvalue weighted by Gasteiger charge is 2.24. The number of nitrogens with one attached hydrogen (secondary N) is 3. The van der Waals surface area contributed by atoms with E-state index in [0.29, 0.717) is 36.2 Å². The van der Waals surface area contributed by atoms with Crippen molar-refractivity contribution in [1.82, 2.24) is 20.2 Å². The van der Waals surface area contributed by atoms with Crippen LogP contribution >= 0.6 is 0 Å². The highest BCUT2D eigenvalue weighted by atomic mass is 32.2. The lowest BCUT2D eigenvalue weighted by Gasteiger charge is -2.26. The lowest BCUT2D eigenvalue weighted by Crippen LogP contribution is -2.28. The van der Waals surface area contributed by atoms with E-state index in [0.717, 1.165) is 31.4 Å². The number of nitrogens with zero attached hydrogens (tertiary/aromatic N) is 3. The molecule has 0 unspecified atom stereocenters. The molecule has 3 heterocycles. The van der Waals surface area contributed by atoms with E-state index in [-0.39, 0.29) is 21.9 Å². The van der Waals surface area contributed by atoms with Gasteiger partial charge in [0.15, 0.2) is 5.82 Å². The maximum atomic E-state index is 13.3. The fraction of sp³-hybridized carbons (Fsp3) is 0.458. The van der Waals surface area contributed by atoms with E-state index in [1.807, 2.05) is 6.07 Å². The summed E-state index contributed by atoms with van der Waals surface area (Å²) in [4.78, 5) is 8.86. The summed E-state index contributed by atoms with van der Waals surface area (Å²) >= 11 is 0. The number of aliphatic hydroxyl groups excluding tert-OH is 1. The van der Waals surface area contributed by atoms with E-state index in [2.05, 4.69) is 30.8 Å². The fourth-order valence-corrected chi connectivity index (χ4v) is 6.11. The van der Waals surface area contributed by atoms with Crippen LogP contribution in [-0.4, -0.2) is 45.8 Å². The Kier molecular flexibility index (Phi) is 6.51. The molecule has 0 bridgehead atoms. The number of aliphatic hydroxyl groups is 1. The van der Waals surface area contributed by atoms with Crippen molar-refractivity contribution in [2.24, 2.45) is 0 Å². The number of aromatic amines is 1. The highest BCUT2D eigenvalue weighted by Crippen LogP contribution is 2.34. The quantitative estimate of drug-likeness (QED) is 0.395. The van der Waals surface area contributed by atoms with Crippen LogP contribution < -0.4 is 10.6 Å². The van der Waals surface area contributed by atoms with Crippen molar-refractivity contribution in [1.29, 1.82) is 0 Å². The van der Waals surface area contributed by atoms with Crippen LogP contribution in [0.5, 0.6) is 0 Å². The number of pyridine rings is 2. The third-order valence-electron chi connectivity index (χ3n) is 6.75. The summed E-state index contributed by atoms with van der Waals surface area (Å²) in [6, 6.07) is 8.34. The molecule has 34 heavy (non-hydrogen) atoms. The van der Waals surface area contributed by atoms with Crippen LogP contribution in [0.4, 0.5) is 17.5 Å². The van der Waals surface area contributed by atoms with E-state index in [1.165, 1.54) is 31.2 Å². The van der Waals surface area contributed by atoms with Crippen LogP contribution in [0.2, 0.25) is 0 Å². The monoisotopic (exact) mass is 482 g/mol. The van der Waals surface area contributed by atoms with Crippen LogP contribution in [0.15, 0.2) is 52.5 Å². The van der Waals surface area contributed by atoms with Gasteiger partial charge in [-0.15, -0.1) is 0 Å². The zero-order chi connectivity index (χ0) is 23.5. The Morgan fingerprint density at radius 2 is 1.71 bits per heavy atom. The Bertz CT molecular complexity index is 1220. The molecule has 4 N–H and O–H groups in total. The van der Waals surface area contributed by atoms with Crippen molar-refractivity contribution in [3.63, 3.8) is 0 Å². The molecule has 0 aromatic carbocycles. The van der Waals surface area contributed by atoms with Gasteiger partial charge in [0.25, 0.3) is 0 Å². The van der Waals surface area contributed by atoms with Crippen LogP contribution in [0.1, 0.15) is 63.0 Å². The molecule has 0 atom stereocenters. The minimum Gasteiger partial charge on any atom is -0.393 e. The predicted molar refractivity (Wildman–Crippen MR) is 129 cm³/mol. The summed E-state index contributed by atoms with van der Waals surface area (Å²) < 4.78 is 26.7. The summed E-state index contributed by atoms with van der Waals surface area (Å²) in [7, 11) is -3.78. The van der Waals surface area contributed by atoms with Crippen molar-refractivity contribution in [2.75, 3.05) is 10.6 Å². The number of aromatic nitrogens is 4. The predicted octanol–water partition coefficient (Wildman–Crippen LogP) is 4.15. The summed E-state index contributed by atoms with van der Waals surface area (Å²) in [6.45, 7) is 0. The zero-order valence-electron chi connectivity index (χ0n) is 18.9. The van der Waals surface area contributed by atoms with E-state index in [1.54, 1.807) is 18.3 Å². The first-order chi connectivity index (χ1) is 16.5. The van der Waals surface area contributed by atoms with E-state index >= 15 is 0 Å². The number of rotatable bonds is 7. The maximum Gasteiger partial charge on any atom is 0.208 e. The van der Waals surface area contributed by atoms with Gasteiger partial charge in [-0.25, -0.2) is 13.4 Å². The lowest BCUT2D eigenvalue weighted by atomic mass is 9.93. The molecular formula is C24H30N6O3S. The van der Waals surface area contributed by atoms with Gasteiger partial charge in [-0.3, -0.25) is 10.1 Å². The molecule has 3 aromatic heterocycles. The maximum absolute atomic E-state index is 13.3. The molecule has 3 aromatic rings. The molecule has 2 aliphatic carbocycles. The molecule has 0 radical (unpaired) electrons. The molecule has 2 aliphatic rings. The van der Waals surface area contributed by atoms with Gasteiger partial charge in [-0.1, -0.05) is 12.8 Å². The van der Waals surface area contributed by atoms with Gasteiger partial charge in [0.1, 0.15) is 11.6 Å². The lowest BCUT2D eigenvalue weighted by molar-refractivity contribution is 0.126. The molecular weight excluding hydrogens is 452 g/mol. The number of sulfone groups is 1. The SMILES string of the molecule is O=S(=O)(c1cccnc1)c1cc(Nc2cc(C3CCCC3)[nH]n2)nc(N[C@H]2CC[C@H](O)CC2)c1. The molecule has 0 spiro atoms. The molecule has 0 aliphatic heterocycles. The second kappa shape index (κ2) is 9.71. The van der Waals surface area contributed by atoms with E-state index in [4.69, 9.17) is 0 Å². The molecule has 10 heteroatoms. The second-order valence-electron chi connectivity index (χ2n) is 9.23. The highest BCUT2D eigenvalue weighted by molar-refractivity contribution is 7.91. The first-order valence-electron chi connectivity index (χ1n) is 11.9. The fourth-order valence-electron chi connectivity index (χ4n) is 4.85.